The van der Waals surface area contributed by atoms with Gasteiger partial charge in [-0.2, -0.15) is 0 Å². The summed E-state index contributed by atoms with van der Waals surface area (Å²) in [4.78, 5) is 0. The fourth-order valence-corrected chi connectivity index (χ4v) is 3.35. The van der Waals surface area contributed by atoms with Crippen molar-refractivity contribution < 1.29 is 26.0 Å². The molecule has 0 saturated carbocycles. The predicted molar refractivity (Wildman–Crippen MR) is 78.8 cm³/mol. The van der Waals surface area contributed by atoms with E-state index in [1.807, 2.05) is 0 Å². The zero-order valence-corrected chi connectivity index (χ0v) is 12.8. The molecule has 23 heavy (non-hydrogen) atoms. The number of sulfone groups is 1. The minimum absolute atomic E-state index is 0.0969. The first-order valence-electron chi connectivity index (χ1n) is 6.85. The third kappa shape index (κ3) is 5.06. The maximum atomic E-state index is 13.4. The highest BCUT2D eigenvalue weighted by Gasteiger charge is 2.15. The van der Waals surface area contributed by atoms with E-state index in [0.717, 1.165) is 12.1 Å². The Bertz CT molecular complexity index is 742. The highest BCUT2D eigenvalue weighted by molar-refractivity contribution is 7.91. The van der Waals surface area contributed by atoms with Gasteiger partial charge in [-0.05, 0) is 36.1 Å². The van der Waals surface area contributed by atoms with Crippen LogP contribution in [0.2, 0.25) is 0 Å². The average molecular weight is 346 g/mol. The lowest BCUT2D eigenvalue weighted by molar-refractivity contribution is 0.570. The summed E-state index contributed by atoms with van der Waals surface area (Å²) in [6.45, 7) is 0. The lowest BCUT2D eigenvalue weighted by Gasteiger charge is -2.07. The second-order valence-corrected chi connectivity index (χ2v) is 7.43. The molecule has 7 heteroatoms. The molecule has 2 aromatic carbocycles. The maximum absolute atomic E-state index is 13.4. The second kappa shape index (κ2) is 7.12. The Morgan fingerprint density at radius 1 is 0.696 bits per heavy atom. The van der Waals surface area contributed by atoms with Crippen LogP contribution in [0.4, 0.5) is 17.6 Å². The number of hydrogen-bond acceptors (Lipinski definition) is 2. The molecular formula is C16H14F4O2S. The van der Waals surface area contributed by atoms with Gasteiger partial charge in [0.05, 0.1) is 11.5 Å². The topological polar surface area (TPSA) is 34.1 Å². The summed E-state index contributed by atoms with van der Waals surface area (Å²) in [7, 11) is -3.55. The summed E-state index contributed by atoms with van der Waals surface area (Å²) < 4.78 is 76.3. The van der Waals surface area contributed by atoms with Crippen LogP contribution in [0.3, 0.4) is 0 Å². The lowest BCUT2D eigenvalue weighted by atomic mass is 10.1. The Kier molecular flexibility index (Phi) is 5.41. The van der Waals surface area contributed by atoms with Crippen LogP contribution in [0.5, 0.6) is 0 Å². The van der Waals surface area contributed by atoms with Crippen LogP contribution in [-0.2, 0) is 22.7 Å². The van der Waals surface area contributed by atoms with E-state index < -0.39 is 33.1 Å². The average Bonchev–Trinajstić information content (AvgIpc) is 2.45. The van der Waals surface area contributed by atoms with Gasteiger partial charge in [0.2, 0.25) is 0 Å². The van der Waals surface area contributed by atoms with Crippen LogP contribution >= 0.6 is 0 Å². The van der Waals surface area contributed by atoms with Crippen LogP contribution in [-0.4, -0.2) is 19.9 Å². The molecule has 0 fully saturated rings. The van der Waals surface area contributed by atoms with Crippen molar-refractivity contribution in [2.24, 2.45) is 0 Å². The standard InChI is InChI=1S/C16H14F4O2S/c17-13-3-1-11(15(19)9-13)5-7-23(21,22)8-6-12-2-4-14(18)10-16(12)20/h1-4,9-10H,5-8H2. The zero-order chi connectivity index (χ0) is 17.0. The molecule has 124 valence electrons. The fourth-order valence-electron chi connectivity index (χ4n) is 2.08. The van der Waals surface area contributed by atoms with E-state index in [1.54, 1.807) is 0 Å². The molecule has 0 radical (unpaired) electrons. The van der Waals surface area contributed by atoms with Gasteiger partial charge in [0, 0.05) is 12.1 Å². The van der Waals surface area contributed by atoms with Gasteiger partial charge < -0.3 is 0 Å². The van der Waals surface area contributed by atoms with Gasteiger partial charge >= 0.3 is 0 Å². The first-order valence-corrected chi connectivity index (χ1v) is 8.67. The Hall–Kier alpha value is -1.89. The first-order chi connectivity index (χ1) is 10.8. The Morgan fingerprint density at radius 2 is 1.09 bits per heavy atom. The van der Waals surface area contributed by atoms with E-state index >= 15 is 0 Å². The van der Waals surface area contributed by atoms with Gasteiger partial charge in [0.15, 0.2) is 9.84 Å². The van der Waals surface area contributed by atoms with E-state index in [-0.39, 0.29) is 35.5 Å². The summed E-state index contributed by atoms with van der Waals surface area (Å²) in [6.07, 6.45) is -0.194. The van der Waals surface area contributed by atoms with E-state index in [1.165, 1.54) is 12.1 Å². The summed E-state index contributed by atoms with van der Waals surface area (Å²) in [6, 6.07) is 5.88. The van der Waals surface area contributed by atoms with E-state index in [2.05, 4.69) is 0 Å². The predicted octanol–water partition coefficient (Wildman–Crippen LogP) is 3.44. The minimum atomic E-state index is -3.55. The van der Waals surface area contributed by atoms with Crippen molar-refractivity contribution in [3.63, 3.8) is 0 Å². The van der Waals surface area contributed by atoms with Crippen LogP contribution < -0.4 is 0 Å². The van der Waals surface area contributed by atoms with Crippen molar-refractivity contribution in [2.75, 3.05) is 11.5 Å². The van der Waals surface area contributed by atoms with E-state index in [0.29, 0.717) is 12.1 Å². The Morgan fingerprint density at radius 3 is 1.43 bits per heavy atom. The van der Waals surface area contributed by atoms with Crippen LogP contribution in [0, 0.1) is 23.3 Å². The van der Waals surface area contributed by atoms with Gasteiger partial charge in [0.1, 0.15) is 23.3 Å². The molecule has 0 amide bonds. The number of rotatable bonds is 6. The summed E-state index contributed by atoms with van der Waals surface area (Å²) in [5, 5.41) is 0. The molecule has 0 atom stereocenters. The molecule has 0 heterocycles. The number of aryl methyl sites for hydroxylation is 2. The molecule has 0 N–H and O–H groups in total. The number of hydrogen-bond donors (Lipinski definition) is 0. The summed E-state index contributed by atoms with van der Waals surface area (Å²) >= 11 is 0. The van der Waals surface area contributed by atoms with Crippen LogP contribution in [0.1, 0.15) is 11.1 Å². The largest absolute Gasteiger partial charge is 0.229 e. The molecule has 0 aromatic heterocycles. The van der Waals surface area contributed by atoms with Gasteiger partial charge in [0.25, 0.3) is 0 Å². The van der Waals surface area contributed by atoms with Crippen molar-refractivity contribution in [2.45, 2.75) is 12.8 Å². The molecule has 0 bridgehead atoms. The van der Waals surface area contributed by atoms with Crippen molar-refractivity contribution in [3.8, 4) is 0 Å². The second-order valence-electron chi connectivity index (χ2n) is 5.12. The third-order valence-corrected chi connectivity index (χ3v) is 5.05. The maximum Gasteiger partial charge on any atom is 0.150 e. The lowest BCUT2D eigenvalue weighted by Crippen LogP contribution is -2.16. The molecule has 0 spiro atoms. The Balaban J connectivity index is 1.96. The normalized spacial score (nSPS) is 11.7. The molecular weight excluding hydrogens is 332 g/mol. The third-order valence-electron chi connectivity index (χ3n) is 3.40. The van der Waals surface area contributed by atoms with Gasteiger partial charge in [-0.3, -0.25) is 0 Å². The van der Waals surface area contributed by atoms with Gasteiger partial charge in [-0.1, -0.05) is 12.1 Å². The molecule has 0 aliphatic carbocycles. The number of halogens is 4. The molecule has 0 saturated heterocycles. The molecule has 2 aromatic rings. The minimum Gasteiger partial charge on any atom is -0.229 e. The quantitative estimate of drug-likeness (QED) is 0.751. The summed E-state index contributed by atoms with van der Waals surface area (Å²) in [5.74, 6) is -3.74. The van der Waals surface area contributed by atoms with Crippen LogP contribution in [0.15, 0.2) is 36.4 Å². The molecule has 2 nitrogen and oxygen atoms in total. The van der Waals surface area contributed by atoms with Gasteiger partial charge in [-0.15, -0.1) is 0 Å². The number of benzene rings is 2. The first kappa shape index (κ1) is 17.5. The highest BCUT2D eigenvalue weighted by Crippen LogP contribution is 2.14. The molecule has 0 unspecified atom stereocenters. The van der Waals surface area contributed by atoms with E-state index in [9.17, 15) is 26.0 Å². The van der Waals surface area contributed by atoms with Crippen molar-refractivity contribution in [3.05, 3.63) is 70.8 Å². The van der Waals surface area contributed by atoms with Crippen molar-refractivity contribution in [1.29, 1.82) is 0 Å². The Labute approximate surface area is 131 Å². The van der Waals surface area contributed by atoms with E-state index in [4.69, 9.17) is 0 Å². The fraction of sp³-hybridized carbons (Fsp3) is 0.250. The molecule has 2 rings (SSSR count). The SMILES string of the molecule is O=S(=O)(CCc1ccc(F)cc1F)CCc1ccc(F)cc1F. The monoisotopic (exact) mass is 346 g/mol. The highest BCUT2D eigenvalue weighted by atomic mass is 32.2. The molecule has 0 aliphatic heterocycles. The van der Waals surface area contributed by atoms with Crippen LogP contribution in [0.25, 0.3) is 0 Å². The van der Waals surface area contributed by atoms with Crippen molar-refractivity contribution >= 4 is 9.84 Å². The smallest absolute Gasteiger partial charge is 0.150 e. The summed E-state index contributed by atoms with van der Waals surface area (Å²) in [5.41, 5.74) is 0.200. The molecule has 0 aliphatic rings. The van der Waals surface area contributed by atoms with Crippen molar-refractivity contribution in [1.82, 2.24) is 0 Å². The van der Waals surface area contributed by atoms with Gasteiger partial charge in [-0.25, -0.2) is 26.0 Å². The zero-order valence-electron chi connectivity index (χ0n) is 12.0.